The van der Waals surface area contributed by atoms with Crippen molar-refractivity contribution >= 4 is 29.3 Å². The molecule has 12 heteroatoms. The molecule has 10 nitrogen and oxygen atoms in total. The second-order valence-electron chi connectivity index (χ2n) is 6.29. The van der Waals surface area contributed by atoms with E-state index in [2.05, 4.69) is 15.5 Å². The second kappa shape index (κ2) is 10.5. The number of thioether (sulfide) groups is 1. The Morgan fingerprint density at radius 2 is 1.84 bits per heavy atom. The van der Waals surface area contributed by atoms with Crippen LogP contribution in [0.1, 0.15) is 23.1 Å². The van der Waals surface area contributed by atoms with Crippen LogP contribution in [0.3, 0.4) is 0 Å². The summed E-state index contributed by atoms with van der Waals surface area (Å²) in [5.74, 6) is -0.954. The van der Waals surface area contributed by atoms with Gasteiger partial charge in [0.15, 0.2) is 11.0 Å². The predicted octanol–water partition coefficient (Wildman–Crippen LogP) is 2.90. The number of ether oxygens (including phenoxy) is 1. The predicted molar refractivity (Wildman–Crippen MR) is 113 cm³/mol. The third kappa shape index (κ3) is 5.66. The van der Waals surface area contributed by atoms with Gasteiger partial charge in [-0.1, -0.05) is 11.8 Å². The van der Waals surface area contributed by atoms with Gasteiger partial charge in [-0.05, 0) is 43.3 Å². The molecule has 1 heterocycles. The van der Waals surface area contributed by atoms with Crippen LogP contribution in [0, 0.1) is 15.9 Å². The van der Waals surface area contributed by atoms with Gasteiger partial charge in [-0.25, -0.2) is 4.39 Å². The molecule has 0 saturated heterocycles. The van der Waals surface area contributed by atoms with Crippen LogP contribution in [-0.4, -0.2) is 43.9 Å². The normalized spacial score (nSPS) is 10.6. The molecule has 0 aliphatic rings. The highest BCUT2D eigenvalue weighted by Crippen LogP contribution is 2.23. The highest BCUT2D eigenvalue weighted by atomic mass is 32.2. The van der Waals surface area contributed by atoms with E-state index in [-0.39, 0.29) is 30.2 Å². The Morgan fingerprint density at radius 1 is 1.16 bits per heavy atom. The SMILES string of the molecule is CCOC(=O)CSc1nnc(CNC(=O)c2ccc([N+](=O)[O-])cc2)n1-c1ccc(F)cc1. The molecule has 1 N–H and O–H groups in total. The molecule has 0 saturated carbocycles. The Hall–Kier alpha value is -3.80. The lowest BCUT2D eigenvalue weighted by Crippen LogP contribution is -2.24. The maximum absolute atomic E-state index is 13.4. The van der Waals surface area contributed by atoms with Crippen molar-refractivity contribution in [3.63, 3.8) is 0 Å². The highest BCUT2D eigenvalue weighted by molar-refractivity contribution is 7.99. The summed E-state index contributed by atoms with van der Waals surface area (Å²) in [4.78, 5) is 34.3. The van der Waals surface area contributed by atoms with Gasteiger partial charge in [0.05, 0.1) is 23.8 Å². The third-order valence-corrected chi connectivity index (χ3v) is 5.06. The zero-order valence-electron chi connectivity index (χ0n) is 16.9. The van der Waals surface area contributed by atoms with Crippen molar-refractivity contribution in [2.24, 2.45) is 0 Å². The zero-order valence-corrected chi connectivity index (χ0v) is 17.7. The van der Waals surface area contributed by atoms with E-state index in [1.165, 1.54) is 48.5 Å². The smallest absolute Gasteiger partial charge is 0.316 e. The first-order valence-corrected chi connectivity index (χ1v) is 10.4. The van der Waals surface area contributed by atoms with Gasteiger partial charge in [-0.3, -0.25) is 24.3 Å². The molecule has 0 bridgehead atoms. The quantitative estimate of drug-likeness (QED) is 0.224. The fourth-order valence-electron chi connectivity index (χ4n) is 2.68. The van der Waals surface area contributed by atoms with Crippen molar-refractivity contribution in [1.29, 1.82) is 0 Å². The summed E-state index contributed by atoms with van der Waals surface area (Å²) >= 11 is 1.09. The van der Waals surface area contributed by atoms with E-state index in [4.69, 9.17) is 4.74 Å². The second-order valence-corrected chi connectivity index (χ2v) is 7.23. The van der Waals surface area contributed by atoms with Crippen LogP contribution in [0.25, 0.3) is 5.69 Å². The molecule has 166 valence electrons. The summed E-state index contributed by atoms with van der Waals surface area (Å²) in [6.07, 6.45) is 0. The van der Waals surface area contributed by atoms with Crippen LogP contribution in [0.4, 0.5) is 10.1 Å². The van der Waals surface area contributed by atoms with E-state index in [9.17, 15) is 24.1 Å². The lowest BCUT2D eigenvalue weighted by atomic mass is 10.2. The van der Waals surface area contributed by atoms with Gasteiger partial charge in [0, 0.05) is 23.4 Å². The van der Waals surface area contributed by atoms with Gasteiger partial charge < -0.3 is 10.1 Å². The number of non-ortho nitro benzene ring substituents is 1. The Morgan fingerprint density at radius 3 is 2.47 bits per heavy atom. The van der Waals surface area contributed by atoms with Crippen molar-refractivity contribution in [2.45, 2.75) is 18.6 Å². The molecule has 3 rings (SSSR count). The number of nitro benzene ring substituents is 1. The topological polar surface area (TPSA) is 129 Å². The van der Waals surface area contributed by atoms with Gasteiger partial charge in [-0.15, -0.1) is 10.2 Å². The maximum Gasteiger partial charge on any atom is 0.316 e. The van der Waals surface area contributed by atoms with Crippen LogP contribution in [0.5, 0.6) is 0 Å². The molecular formula is C20H18FN5O5S. The van der Waals surface area contributed by atoms with E-state index < -0.39 is 22.6 Å². The molecule has 32 heavy (non-hydrogen) atoms. The Kier molecular flexibility index (Phi) is 7.49. The lowest BCUT2D eigenvalue weighted by Gasteiger charge is -2.11. The number of nitrogens with zero attached hydrogens (tertiary/aromatic N) is 4. The molecule has 0 aliphatic heterocycles. The number of halogens is 1. The largest absolute Gasteiger partial charge is 0.465 e. The molecular weight excluding hydrogens is 441 g/mol. The number of esters is 1. The lowest BCUT2D eigenvalue weighted by molar-refractivity contribution is -0.384. The molecule has 0 spiro atoms. The van der Waals surface area contributed by atoms with Crippen LogP contribution < -0.4 is 5.32 Å². The van der Waals surface area contributed by atoms with Gasteiger partial charge >= 0.3 is 5.97 Å². The average molecular weight is 459 g/mol. The van der Waals surface area contributed by atoms with Crippen molar-refractivity contribution in [1.82, 2.24) is 20.1 Å². The van der Waals surface area contributed by atoms with Crippen LogP contribution in [-0.2, 0) is 16.1 Å². The highest BCUT2D eigenvalue weighted by Gasteiger charge is 2.18. The van der Waals surface area contributed by atoms with Crippen molar-refractivity contribution in [3.05, 3.63) is 75.9 Å². The molecule has 1 aromatic heterocycles. The summed E-state index contributed by atoms with van der Waals surface area (Å²) < 4.78 is 19.9. The molecule has 2 aromatic carbocycles. The first-order chi connectivity index (χ1) is 15.4. The van der Waals surface area contributed by atoms with E-state index in [1.54, 1.807) is 11.5 Å². The average Bonchev–Trinajstić information content (AvgIpc) is 3.19. The molecule has 1 amide bonds. The summed E-state index contributed by atoms with van der Waals surface area (Å²) in [7, 11) is 0. The Labute approximate surface area is 185 Å². The summed E-state index contributed by atoms with van der Waals surface area (Å²) in [5.41, 5.74) is 0.656. The molecule has 0 radical (unpaired) electrons. The number of carbonyl (C=O) groups excluding carboxylic acids is 2. The van der Waals surface area contributed by atoms with Crippen molar-refractivity contribution < 1.29 is 23.6 Å². The van der Waals surface area contributed by atoms with Gasteiger partial charge in [-0.2, -0.15) is 0 Å². The number of aromatic nitrogens is 3. The molecule has 0 aliphatic carbocycles. The minimum Gasteiger partial charge on any atom is -0.465 e. The van der Waals surface area contributed by atoms with E-state index >= 15 is 0 Å². The molecule has 0 unspecified atom stereocenters. The molecule has 3 aromatic rings. The maximum atomic E-state index is 13.4. The number of benzene rings is 2. The van der Waals surface area contributed by atoms with E-state index in [0.717, 1.165) is 11.8 Å². The zero-order chi connectivity index (χ0) is 23.1. The summed E-state index contributed by atoms with van der Waals surface area (Å²) in [5, 5.41) is 22.0. The summed E-state index contributed by atoms with van der Waals surface area (Å²) in [6, 6.07) is 10.8. The minimum atomic E-state index is -0.553. The standard InChI is InChI=1S/C20H18FN5O5S/c1-2-31-18(27)12-32-20-24-23-17(25(20)15-9-5-14(21)6-10-15)11-22-19(28)13-3-7-16(8-4-13)26(29)30/h3-10H,2,11-12H2,1H3,(H,22,28). The van der Waals surface area contributed by atoms with Gasteiger partial charge in [0.25, 0.3) is 11.6 Å². The van der Waals surface area contributed by atoms with Gasteiger partial charge in [0.1, 0.15) is 5.82 Å². The molecule has 0 atom stereocenters. The van der Waals surface area contributed by atoms with Crippen LogP contribution in [0.15, 0.2) is 53.7 Å². The fraction of sp³-hybridized carbons (Fsp3) is 0.200. The first-order valence-electron chi connectivity index (χ1n) is 9.40. The summed E-state index contributed by atoms with van der Waals surface area (Å²) in [6.45, 7) is 1.93. The van der Waals surface area contributed by atoms with Crippen LogP contribution >= 0.6 is 11.8 Å². The van der Waals surface area contributed by atoms with Gasteiger partial charge in [0.2, 0.25) is 0 Å². The third-order valence-electron chi connectivity index (χ3n) is 4.16. The fourth-order valence-corrected chi connectivity index (χ4v) is 3.45. The monoisotopic (exact) mass is 459 g/mol. The first kappa shape index (κ1) is 22.9. The number of nitro groups is 1. The van der Waals surface area contributed by atoms with Crippen molar-refractivity contribution in [2.75, 3.05) is 12.4 Å². The van der Waals surface area contributed by atoms with Crippen LogP contribution in [0.2, 0.25) is 0 Å². The minimum absolute atomic E-state index is 0.00230. The number of hydrogen-bond donors (Lipinski definition) is 1. The number of amides is 1. The Bertz CT molecular complexity index is 1120. The number of rotatable bonds is 9. The van der Waals surface area contributed by atoms with Crippen molar-refractivity contribution in [3.8, 4) is 5.69 Å². The Balaban J connectivity index is 1.79. The number of carbonyl (C=O) groups is 2. The number of nitrogens with one attached hydrogen (secondary N) is 1. The number of hydrogen-bond acceptors (Lipinski definition) is 8. The van der Waals surface area contributed by atoms with E-state index in [1.807, 2.05) is 0 Å². The van der Waals surface area contributed by atoms with E-state index in [0.29, 0.717) is 16.7 Å². The molecule has 0 fully saturated rings.